The Morgan fingerprint density at radius 1 is 0.595 bits per heavy atom. The standard InChI is InChI=1S/2C15H22O5S/c2*1-11(2)15-18-8-13(9-19-15)10-20-21(16,17)14-6-4-12(3)5-7-14/h2*4-7,11,13,15H,8-10H2,1-3H3. The molecule has 2 fully saturated rings. The van der Waals surface area contributed by atoms with Gasteiger partial charge in [-0.25, -0.2) is 0 Å². The zero-order valence-electron chi connectivity index (χ0n) is 25.2. The highest BCUT2D eigenvalue weighted by Gasteiger charge is 2.28. The van der Waals surface area contributed by atoms with Crippen molar-refractivity contribution < 1.29 is 44.1 Å². The molecule has 236 valence electrons. The number of aryl methyl sites for hydroxylation is 2. The van der Waals surface area contributed by atoms with Crippen molar-refractivity contribution in [1.82, 2.24) is 0 Å². The number of hydrogen-bond donors (Lipinski definition) is 0. The molecule has 4 rings (SSSR count). The van der Waals surface area contributed by atoms with Crippen molar-refractivity contribution in [2.75, 3.05) is 39.6 Å². The van der Waals surface area contributed by atoms with E-state index in [1.807, 2.05) is 41.5 Å². The normalized spacial score (nSPS) is 23.4. The Morgan fingerprint density at radius 3 is 1.14 bits per heavy atom. The van der Waals surface area contributed by atoms with Gasteiger partial charge in [-0.15, -0.1) is 0 Å². The average molecular weight is 629 g/mol. The maximum atomic E-state index is 12.1. The van der Waals surface area contributed by atoms with Gasteiger partial charge in [0.25, 0.3) is 20.2 Å². The minimum absolute atomic E-state index is 0.0692. The van der Waals surface area contributed by atoms with Gasteiger partial charge in [-0.3, -0.25) is 8.37 Å². The fourth-order valence-corrected chi connectivity index (χ4v) is 5.95. The molecule has 2 saturated heterocycles. The van der Waals surface area contributed by atoms with E-state index in [9.17, 15) is 16.8 Å². The molecule has 0 aliphatic carbocycles. The van der Waals surface area contributed by atoms with Gasteiger partial charge in [-0.1, -0.05) is 63.1 Å². The SMILES string of the molecule is Cc1ccc(S(=O)(=O)OCC2COC(C(C)C)OC2)cc1.Cc1ccc(S(=O)(=O)OCC2COC(C(C)C)OC2)cc1. The predicted molar refractivity (Wildman–Crippen MR) is 157 cm³/mol. The smallest absolute Gasteiger partial charge is 0.296 e. The first-order chi connectivity index (χ1) is 19.8. The van der Waals surface area contributed by atoms with Crippen molar-refractivity contribution in [2.45, 2.75) is 63.9 Å². The van der Waals surface area contributed by atoms with Crippen LogP contribution in [-0.2, 0) is 47.5 Å². The summed E-state index contributed by atoms with van der Waals surface area (Å²) in [6, 6.07) is 13.2. The van der Waals surface area contributed by atoms with Gasteiger partial charge < -0.3 is 18.9 Å². The highest BCUT2D eigenvalue weighted by Crippen LogP contribution is 2.21. The zero-order chi connectivity index (χ0) is 30.9. The second kappa shape index (κ2) is 15.7. The molecule has 0 radical (unpaired) electrons. The van der Waals surface area contributed by atoms with Gasteiger partial charge in [0.15, 0.2) is 12.6 Å². The summed E-state index contributed by atoms with van der Waals surface area (Å²) in [6.45, 7) is 13.8. The number of ether oxygens (including phenoxy) is 4. The van der Waals surface area contributed by atoms with Crippen LogP contribution in [0.2, 0.25) is 0 Å². The van der Waals surface area contributed by atoms with Crippen LogP contribution in [0.5, 0.6) is 0 Å². The quantitative estimate of drug-likeness (QED) is 0.342. The third-order valence-corrected chi connectivity index (χ3v) is 9.20. The van der Waals surface area contributed by atoms with Gasteiger partial charge in [0, 0.05) is 23.7 Å². The molecule has 0 saturated carbocycles. The molecule has 0 aromatic heterocycles. The maximum absolute atomic E-state index is 12.1. The van der Waals surface area contributed by atoms with Crippen molar-refractivity contribution in [3.05, 3.63) is 59.7 Å². The molecular formula is C30H44O10S2. The van der Waals surface area contributed by atoms with E-state index in [4.69, 9.17) is 27.3 Å². The van der Waals surface area contributed by atoms with Crippen LogP contribution in [-0.4, -0.2) is 69.1 Å². The first-order valence-electron chi connectivity index (χ1n) is 14.2. The molecule has 0 unspecified atom stereocenters. The highest BCUT2D eigenvalue weighted by molar-refractivity contribution is 7.87. The first kappa shape index (κ1) is 34.6. The molecule has 2 aliphatic heterocycles. The Balaban J connectivity index is 0.000000230. The van der Waals surface area contributed by atoms with Crippen LogP contribution in [0, 0.1) is 37.5 Å². The molecule has 0 N–H and O–H groups in total. The molecule has 2 aliphatic rings. The lowest BCUT2D eigenvalue weighted by Gasteiger charge is -2.31. The molecule has 0 bridgehead atoms. The van der Waals surface area contributed by atoms with Crippen LogP contribution in [0.25, 0.3) is 0 Å². The lowest BCUT2D eigenvalue weighted by atomic mass is 10.1. The summed E-state index contributed by atoms with van der Waals surface area (Å²) in [5.74, 6) is 0.423. The Labute approximate surface area is 250 Å². The van der Waals surface area contributed by atoms with E-state index in [1.165, 1.54) is 0 Å². The van der Waals surface area contributed by atoms with Gasteiger partial charge in [-0.05, 0) is 38.1 Å². The second-order valence-corrected chi connectivity index (χ2v) is 14.6. The highest BCUT2D eigenvalue weighted by atomic mass is 32.2. The van der Waals surface area contributed by atoms with Gasteiger partial charge in [0.2, 0.25) is 0 Å². The summed E-state index contributed by atoms with van der Waals surface area (Å²) in [4.78, 5) is 0.344. The maximum Gasteiger partial charge on any atom is 0.296 e. The fraction of sp³-hybridized carbons (Fsp3) is 0.600. The average Bonchev–Trinajstić information content (AvgIpc) is 2.96. The zero-order valence-corrected chi connectivity index (χ0v) is 26.9. The van der Waals surface area contributed by atoms with Gasteiger partial charge >= 0.3 is 0 Å². The Kier molecular flexibility index (Phi) is 12.9. The van der Waals surface area contributed by atoms with E-state index in [2.05, 4.69) is 0 Å². The van der Waals surface area contributed by atoms with Crippen LogP contribution in [0.4, 0.5) is 0 Å². The molecule has 12 heteroatoms. The Morgan fingerprint density at radius 2 is 0.881 bits per heavy atom. The fourth-order valence-electron chi connectivity index (χ4n) is 4.00. The summed E-state index contributed by atoms with van der Waals surface area (Å²) in [5.41, 5.74) is 2.01. The van der Waals surface area contributed by atoms with E-state index in [0.717, 1.165) is 11.1 Å². The van der Waals surface area contributed by atoms with E-state index in [1.54, 1.807) is 48.5 Å². The minimum atomic E-state index is -3.72. The second-order valence-electron chi connectivity index (χ2n) is 11.4. The van der Waals surface area contributed by atoms with Crippen LogP contribution < -0.4 is 0 Å². The molecule has 10 nitrogen and oxygen atoms in total. The van der Waals surface area contributed by atoms with Crippen molar-refractivity contribution in [3.63, 3.8) is 0 Å². The van der Waals surface area contributed by atoms with Crippen LogP contribution in [0.1, 0.15) is 38.8 Å². The molecular weight excluding hydrogens is 584 g/mol. The van der Waals surface area contributed by atoms with Crippen molar-refractivity contribution in [1.29, 1.82) is 0 Å². The predicted octanol–water partition coefficient (Wildman–Crippen LogP) is 4.69. The summed E-state index contributed by atoms with van der Waals surface area (Å²) >= 11 is 0. The van der Waals surface area contributed by atoms with Crippen molar-refractivity contribution in [2.24, 2.45) is 23.7 Å². The topological polar surface area (TPSA) is 124 Å². The minimum Gasteiger partial charge on any atom is -0.352 e. The summed E-state index contributed by atoms with van der Waals surface area (Å²) < 4.78 is 80.6. The monoisotopic (exact) mass is 628 g/mol. The summed E-state index contributed by atoms with van der Waals surface area (Å²) in [5, 5.41) is 0. The Hall–Kier alpha value is -1.90. The van der Waals surface area contributed by atoms with Crippen molar-refractivity contribution in [3.8, 4) is 0 Å². The summed E-state index contributed by atoms with van der Waals surface area (Å²) in [6.07, 6.45) is -0.426. The number of hydrogen-bond acceptors (Lipinski definition) is 10. The largest absolute Gasteiger partial charge is 0.352 e. The van der Waals surface area contributed by atoms with E-state index in [-0.39, 0.29) is 59.3 Å². The van der Waals surface area contributed by atoms with E-state index in [0.29, 0.717) is 26.4 Å². The molecule has 0 atom stereocenters. The van der Waals surface area contributed by atoms with E-state index >= 15 is 0 Å². The van der Waals surface area contributed by atoms with Crippen molar-refractivity contribution >= 4 is 20.2 Å². The molecule has 42 heavy (non-hydrogen) atoms. The van der Waals surface area contributed by atoms with Crippen LogP contribution >= 0.6 is 0 Å². The molecule has 0 spiro atoms. The third-order valence-electron chi connectivity index (χ3n) is 6.61. The Bertz CT molecular complexity index is 1190. The molecule has 2 aromatic rings. The number of benzene rings is 2. The van der Waals surface area contributed by atoms with Crippen LogP contribution in [0.15, 0.2) is 58.3 Å². The summed E-state index contributed by atoms with van der Waals surface area (Å²) in [7, 11) is -7.43. The lowest BCUT2D eigenvalue weighted by Crippen LogP contribution is -2.37. The molecule has 0 amide bonds. The van der Waals surface area contributed by atoms with Gasteiger partial charge in [0.05, 0.1) is 49.4 Å². The lowest BCUT2D eigenvalue weighted by molar-refractivity contribution is -0.222. The third kappa shape index (κ3) is 10.7. The van der Waals surface area contributed by atoms with E-state index < -0.39 is 20.2 Å². The molecule has 2 aromatic carbocycles. The van der Waals surface area contributed by atoms with Crippen LogP contribution in [0.3, 0.4) is 0 Å². The molecule has 2 heterocycles. The number of rotatable bonds is 10. The van der Waals surface area contributed by atoms with Gasteiger partial charge in [0.1, 0.15) is 0 Å². The first-order valence-corrected chi connectivity index (χ1v) is 17.0. The van der Waals surface area contributed by atoms with Gasteiger partial charge in [-0.2, -0.15) is 16.8 Å².